The van der Waals surface area contributed by atoms with Gasteiger partial charge in [0.2, 0.25) is 0 Å². The van der Waals surface area contributed by atoms with E-state index in [1.54, 1.807) is 0 Å². The van der Waals surface area contributed by atoms with Crippen LogP contribution in [-0.4, -0.2) is 98.3 Å². The van der Waals surface area contributed by atoms with E-state index in [0.29, 0.717) is 0 Å². The minimum absolute atomic E-state index is 0.218. The van der Waals surface area contributed by atoms with Gasteiger partial charge in [0.1, 0.15) is 0 Å². The average molecular weight is 394 g/mol. The Labute approximate surface area is 172 Å². The molecule has 0 aromatic heterocycles. The minimum Gasteiger partial charge on any atom is -0.381 e. The van der Waals surface area contributed by atoms with Crippen molar-refractivity contribution in [3.8, 4) is 0 Å². The number of nitrogens with zero attached hydrogens (tertiary/aromatic N) is 4. The van der Waals surface area contributed by atoms with Crippen LogP contribution in [0.25, 0.3) is 0 Å². The van der Waals surface area contributed by atoms with Gasteiger partial charge in [-0.15, -0.1) is 0 Å². The molecule has 1 N–H and O–H groups in total. The number of rotatable bonds is 8. The third-order valence-electron chi connectivity index (χ3n) is 7.05. The van der Waals surface area contributed by atoms with Crippen LogP contribution < -0.4 is 5.32 Å². The molecule has 0 aliphatic carbocycles. The van der Waals surface area contributed by atoms with Crippen LogP contribution in [0.1, 0.15) is 52.9 Å². The average Bonchev–Trinajstić information content (AvgIpc) is 3.42. The lowest BCUT2D eigenvalue weighted by Gasteiger charge is -2.43. The lowest BCUT2D eigenvalue weighted by Crippen LogP contribution is -2.54. The fourth-order valence-corrected chi connectivity index (χ4v) is 5.19. The number of hydrogen-bond acceptors (Lipinski definition) is 4. The van der Waals surface area contributed by atoms with Crippen LogP contribution in [0.2, 0.25) is 0 Å². The van der Waals surface area contributed by atoms with Crippen LogP contribution in [0.5, 0.6) is 0 Å². The van der Waals surface area contributed by atoms with Crippen LogP contribution in [0.4, 0.5) is 0 Å². The second-order valence-electron chi connectivity index (χ2n) is 8.79. The number of guanidine groups is 1. The highest BCUT2D eigenvalue weighted by molar-refractivity contribution is 5.80. The van der Waals surface area contributed by atoms with Gasteiger partial charge in [0, 0.05) is 44.9 Å². The van der Waals surface area contributed by atoms with Gasteiger partial charge >= 0.3 is 0 Å². The smallest absolute Gasteiger partial charge is 0.193 e. The summed E-state index contributed by atoms with van der Waals surface area (Å²) in [5.74, 6) is 1.90. The first-order valence-electron chi connectivity index (χ1n) is 11.8. The van der Waals surface area contributed by atoms with Crippen molar-refractivity contribution >= 4 is 5.96 Å². The maximum Gasteiger partial charge on any atom is 0.193 e. The predicted octanol–water partition coefficient (Wildman–Crippen LogP) is 2.26. The molecule has 3 aliphatic heterocycles. The van der Waals surface area contributed by atoms with Crippen LogP contribution in [-0.2, 0) is 4.74 Å². The largest absolute Gasteiger partial charge is 0.381 e. The molecule has 3 aliphatic rings. The van der Waals surface area contributed by atoms with Crippen molar-refractivity contribution in [3.63, 3.8) is 0 Å². The standard InChI is InChI=1S/C22H43N5O/c1-4-23-21(26-14-9-20(18-26)17-25(5-2)6-3)24-19-22(10-15-28-16-11-22)27-12-7-8-13-27/h20H,4-19H2,1-3H3,(H,23,24). The van der Waals surface area contributed by atoms with Crippen molar-refractivity contribution in [1.82, 2.24) is 20.0 Å². The fraction of sp³-hybridized carbons (Fsp3) is 0.955. The van der Waals surface area contributed by atoms with Crippen molar-refractivity contribution < 1.29 is 4.74 Å². The third-order valence-corrected chi connectivity index (χ3v) is 7.05. The quantitative estimate of drug-likeness (QED) is 0.506. The third kappa shape index (κ3) is 5.39. The molecule has 0 bridgehead atoms. The van der Waals surface area contributed by atoms with Crippen LogP contribution in [0.15, 0.2) is 4.99 Å². The van der Waals surface area contributed by atoms with Gasteiger partial charge in [0.05, 0.1) is 6.54 Å². The van der Waals surface area contributed by atoms with E-state index < -0.39 is 0 Å². The van der Waals surface area contributed by atoms with E-state index in [0.717, 1.165) is 77.2 Å². The molecule has 6 heteroatoms. The number of likely N-dealkylation sites (tertiary alicyclic amines) is 2. The van der Waals surface area contributed by atoms with Gasteiger partial charge in [0.25, 0.3) is 0 Å². The zero-order valence-electron chi connectivity index (χ0n) is 18.6. The molecule has 0 aromatic carbocycles. The summed E-state index contributed by atoms with van der Waals surface area (Å²) in [5, 5.41) is 3.59. The molecular formula is C22H43N5O. The van der Waals surface area contributed by atoms with Gasteiger partial charge in [-0.05, 0) is 71.1 Å². The molecule has 0 aromatic rings. The van der Waals surface area contributed by atoms with Crippen LogP contribution >= 0.6 is 0 Å². The summed E-state index contributed by atoms with van der Waals surface area (Å²) in [6, 6.07) is 0. The van der Waals surface area contributed by atoms with Crippen LogP contribution in [0.3, 0.4) is 0 Å². The number of aliphatic imine (C=N–C) groups is 1. The van der Waals surface area contributed by atoms with Crippen LogP contribution in [0, 0.1) is 5.92 Å². The molecule has 0 amide bonds. The van der Waals surface area contributed by atoms with Gasteiger partial charge in [-0.25, -0.2) is 0 Å². The number of hydrogen-bond donors (Lipinski definition) is 1. The van der Waals surface area contributed by atoms with Crippen molar-refractivity contribution in [2.75, 3.05) is 72.1 Å². The van der Waals surface area contributed by atoms with Crippen molar-refractivity contribution in [2.45, 2.75) is 58.4 Å². The first kappa shape index (κ1) is 21.8. The topological polar surface area (TPSA) is 43.3 Å². The molecule has 3 fully saturated rings. The minimum atomic E-state index is 0.218. The Morgan fingerprint density at radius 2 is 1.82 bits per heavy atom. The predicted molar refractivity (Wildman–Crippen MR) is 117 cm³/mol. The van der Waals surface area contributed by atoms with E-state index in [-0.39, 0.29) is 5.54 Å². The van der Waals surface area contributed by atoms with Gasteiger partial charge in [-0.3, -0.25) is 9.89 Å². The first-order chi connectivity index (χ1) is 13.7. The number of nitrogens with one attached hydrogen (secondary N) is 1. The van der Waals surface area contributed by atoms with E-state index in [2.05, 4.69) is 40.8 Å². The zero-order valence-corrected chi connectivity index (χ0v) is 18.6. The maximum atomic E-state index is 5.70. The molecule has 1 unspecified atom stereocenters. The Hall–Kier alpha value is -0.850. The van der Waals surface area contributed by atoms with E-state index in [1.807, 2.05) is 0 Å². The zero-order chi connectivity index (χ0) is 19.8. The molecule has 0 spiro atoms. The number of ether oxygens (including phenoxy) is 1. The Balaban J connectivity index is 1.64. The molecule has 3 rings (SSSR count). The highest BCUT2D eigenvalue weighted by atomic mass is 16.5. The van der Waals surface area contributed by atoms with E-state index in [9.17, 15) is 0 Å². The normalized spacial score (nSPS) is 26.4. The van der Waals surface area contributed by atoms with Gasteiger partial charge in [-0.1, -0.05) is 13.8 Å². The summed E-state index contributed by atoms with van der Waals surface area (Å²) in [5.41, 5.74) is 0.218. The lowest BCUT2D eigenvalue weighted by molar-refractivity contribution is -0.0139. The highest BCUT2D eigenvalue weighted by Gasteiger charge is 2.40. The molecule has 3 heterocycles. The molecule has 0 saturated carbocycles. The molecule has 162 valence electrons. The summed E-state index contributed by atoms with van der Waals surface area (Å²) >= 11 is 0. The summed E-state index contributed by atoms with van der Waals surface area (Å²) in [4.78, 5) is 13.0. The summed E-state index contributed by atoms with van der Waals surface area (Å²) in [7, 11) is 0. The molecule has 1 atom stereocenters. The van der Waals surface area contributed by atoms with E-state index >= 15 is 0 Å². The molecule has 28 heavy (non-hydrogen) atoms. The second kappa shape index (κ2) is 10.8. The van der Waals surface area contributed by atoms with Crippen molar-refractivity contribution in [2.24, 2.45) is 10.9 Å². The molecule has 6 nitrogen and oxygen atoms in total. The highest BCUT2D eigenvalue weighted by Crippen LogP contribution is 2.32. The first-order valence-corrected chi connectivity index (χ1v) is 11.8. The van der Waals surface area contributed by atoms with E-state index in [1.165, 1.54) is 38.9 Å². The second-order valence-corrected chi connectivity index (χ2v) is 8.79. The Kier molecular flexibility index (Phi) is 8.42. The Bertz CT molecular complexity index is 481. The summed E-state index contributed by atoms with van der Waals surface area (Å²) in [6.07, 6.45) is 6.21. The van der Waals surface area contributed by atoms with E-state index in [4.69, 9.17) is 9.73 Å². The van der Waals surface area contributed by atoms with Gasteiger partial charge < -0.3 is 19.9 Å². The SMILES string of the molecule is CCNC(=NCC1(N2CCCC2)CCOCC1)N1CCC(CN(CC)CC)C1. The van der Waals surface area contributed by atoms with Gasteiger partial charge in [0.15, 0.2) is 5.96 Å². The molecule has 0 radical (unpaired) electrons. The monoisotopic (exact) mass is 393 g/mol. The maximum absolute atomic E-state index is 5.70. The fourth-order valence-electron chi connectivity index (χ4n) is 5.19. The Morgan fingerprint density at radius 1 is 1.11 bits per heavy atom. The molecule has 3 saturated heterocycles. The van der Waals surface area contributed by atoms with Gasteiger partial charge in [-0.2, -0.15) is 0 Å². The summed E-state index contributed by atoms with van der Waals surface area (Å²) in [6.45, 7) is 18.6. The molecular weight excluding hydrogens is 350 g/mol. The van der Waals surface area contributed by atoms with Crippen molar-refractivity contribution in [3.05, 3.63) is 0 Å². The lowest BCUT2D eigenvalue weighted by atomic mass is 9.88. The van der Waals surface area contributed by atoms with Crippen molar-refractivity contribution in [1.29, 1.82) is 0 Å². The Morgan fingerprint density at radius 3 is 2.46 bits per heavy atom. The summed E-state index contributed by atoms with van der Waals surface area (Å²) < 4.78 is 5.70.